The molecule has 3 aromatic rings. The molecule has 1 aliphatic carbocycles. The molecule has 0 bridgehead atoms. The molecular weight excluding hydrogens is 382 g/mol. The third-order valence-corrected chi connectivity index (χ3v) is 5.98. The summed E-state index contributed by atoms with van der Waals surface area (Å²) in [5.41, 5.74) is 0.734. The predicted octanol–water partition coefficient (Wildman–Crippen LogP) is 2.98. The van der Waals surface area contributed by atoms with Crippen LogP contribution >= 0.6 is 0 Å². The number of nitrogens with zero attached hydrogens (tertiary/aromatic N) is 5. The lowest BCUT2D eigenvalue weighted by atomic mass is 9.75. The summed E-state index contributed by atoms with van der Waals surface area (Å²) in [5, 5.41) is 12.7. The minimum absolute atomic E-state index is 0.116. The number of fused-ring (bicyclic) bond motifs is 1. The normalized spacial score (nSPS) is 21.8. The maximum absolute atomic E-state index is 12.8. The largest absolute Gasteiger partial charge is 0.461 e. The van der Waals surface area contributed by atoms with Crippen LogP contribution in [0.3, 0.4) is 0 Å². The molecule has 0 N–H and O–H groups in total. The summed E-state index contributed by atoms with van der Waals surface area (Å²) in [6.07, 6.45) is 4.41. The van der Waals surface area contributed by atoms with Crippen LogP contribution in [0.2, 0.25) is 0 Å². The van der Waals surface area contributed by atoms with Crippen molar-refractivity contribution < 1.29 is 9.53 Å². The van der Waals surface area contributed by atoms with Crippen LogP contribution in [0, 0.1) is 17.8 Å². The van der Waals surface area contributed by atoms with Crippen LogP contribution in [0.4, 0.5) is 0 Å². The van der Waals surface area contributed by atoms with Gasteiger partial charge in [0, 0.05) is 0 Å². The second-order valence-electron chi connectivity index (χ2n) is 8.54. The van der Waals surface area contributed by atoms with Gasteiger partial charge in [-0.2, -0.15) is 9.78 Å². The van der Waals surface area contributed by atoms with Gasteiger partial charge in [0.05, 0.1) is 11.9 Å². The Labute approximate surface area is 174 Å². The summed E-state index contributed by atoms with van der Waals surface area (Å²) in [5.74, 6) is 0.865. The van der Waals surface area contributed by atoms with Crippen molar-refractivity contribution in [3.8, 4) is 5.69 Å². The third kappa shape index (κ3) is 3.99. The van der Waals surface area contributed by atoms with Crippen LogP contribution in [0.1, 0.15) is 40.0 Å². The average molecular weight is 409 g/mol. The maximum atomic E-state index is 12.8. The van der Waals surface area contributed by atoms with Crippen LogP contribution < -0.4 is 5.56 Å². The number of hydrogen-bond donors (Lipinski definition) is 0. The molecule has 1 fully saturated rings. The van der Waals surface area contributed by atoms with Crippen molar-refractivity contribution in [3.05, 3.63) is 46.9 Å². The molecule has 2 heterocycles. The molecule has 1 aromatic carbocycles. The van der Waals surface area contributed by atoms with Gasteiger partial charge in [-0.25, -0.2) is 4.68 Å². The highest BCUT2D eigenvalue weighted by molar-refractivity contribution is 5.75. The molecule has 0 unspecified atom stereocenters. The molecule has 4 rings (SSSR count). The van der Waals surface area contributed by atoms with Crippen LogP contribution in [-0.4, -0.2) is 36.8 Å². The first-order chi connectivity index (χ1) is 14.4. The first-order valence-corrected chi connectivity index (χ1v) is 10.5. The molecule has 1 aliphatic rings. The van der Waals surface area contributed by atoms with E-state index in [4.69, 9.17) is 4.74 Å². The van der Waals surface area contributed by atoms with Gasteiger partial charge >= 0.3 is 5.97 Å². The summed E-state index contributed by atoms with van der Waals surface area (Å²) in [7, 11) is 0. The van der Waals surface area contributed by atoms with E-state index in [0.717, 1.165) is 29.6 Å². The minimum Gasteiger partial charge on any atom is -0.461 e. The summed E-state index contributed by atoms with van der Waals surface area (Å²) in [4.78, 5) is 25.4. The summed E-state index contributed by atoms with van der Waals surface area (Å²) in [6.45, 7) is 6.26. The smallest absolute Gasteiger partial charge is 0.328 e. The molecule has 0 spiro atoms. The zero-order valence-corrected chi connectivity index (χ0v) is 17.6. The maximum Gasteiger partial charge on any atom is 0.328 e. The molecule has 30 heavy (non-hydrogen) atoms. The van der Waals surface area contributed by atoms with Gasteiger partial charge in [0.1, 0.15) is 18.0 Å². The Morgan fingerprint density at radius 1 is 1.23 bits per heavy atom. The fourth-order valence-corrected chi connectivity index (χ4v) is 4.31. The van der Waals surface area contributed by atoms with E-state index in [1.54, 1.807) is 4.68 Å². The highest BCUT2D eigenvalue weighted by atomic mass is 16.5. The molecule has 0 saturated heterocycles. The second-order valence-corrected chi connectivity index (χ2v) is 8.54. The Hall–Kier alpha value is -3.03. The van der Waals surface area contributed by atoms with Crippen molar-refractivity contribution >= 4 is 17.0 Å². The van der Waals surface area contributed by atoms with Crippen LogP contribution in [-0.2, 0) is 16.1 Å². The number of carbonyl (C=O) groups excluding carboxylic acids is 1. The second kappa shape index (κ2) is 8.38. The topological polar surface area (TPSA) is 91.9 Å². The van der Waals surface area contributed by atoms with E-state index in [-0.39, 0.29) is 12.6 Å². The van der Waals surface area contributed by atoms with E-state index in [1.807, 2.05) is 30.3 Å². The van der Waals surface area contributed by atoms with Crippen LogP contribution in [0.5, 0.6) is 0 Å². The van der Waals surface area contributed by atoms with Gasteiger partial charge in [-0.3, -0.25) is 9.59 Å². The number of aromatic nitrogens is 5. The van der Waals surface area contributed by atoms with E-state index in [0.29, 0.717) is 28.8 Å². The first-order valence-electron chi connectivity index (χ1n) is 10.5. The quantitative estimate of drug-likeness (QED) is 0.602. The van der Waals surface area contributed by atoms with E-state index < -0.39 is 11.5 Å². The molecule has 158 valence electrons. The third-order valence-electron chi connectivity index (χ3n) is 5.98. The number of para-hydroxylation sites is 1. The Bertz CT molecular complexity index is 1090. The van der Waals surface area contributed by atoms with Crippen molar-refractivity contribution in [2.45, 2.75) is 52.7 Å². The number of carbonyl (C=O) groups is 1. The standard InChI is InChI=1S/C22H27N5O3/c1-14(2)17-10-9-15(3)11-19(17)30-20(28)13-26-22(29)18-12-23-27(21(18)24-25-26)16-7-5-4-6-8-16/h4-8,12,14-15,17,19H,9-11,13H2,1-3H3/t15-,17+,19-/m0/s1. The molecular formula is C22H27N5O3. The highest BCUT2D eigenvalue weighted by Crippen LogP contribution is 2.35. The lowest BCUT2D eigenvalue weighted by molar-refractivity contribution is -0.157. The summed E-state index contributed by atoms with van der Waals surface area (Å²) < 4.78 is 8.41. The fraction of sp³-hybridized carbons (Fsp3) is 0.500. The lowest BCUT2D eigenvalue weighted by Crippen LogP contribution is -2.37. The van der Waals surface area contributed by atoms with Gasteiger partial charge in [0.25, 0.3) is 5.56 Å². The molecule has 0 aliphatic heterocycles. The lowest BCUT2D eigenvalue weighted by Gasteiger charge is -2.36. The molecule has 3 atom stereocenters. The zero-order valence-electron chi connectivity index (χ0n) is 17.6. The van der Waals surface area contributed by atoms with Crippen molar-refractivity contribution in [3.63, 3.8) is 0 Å². The van der Waals surface area contributed by atoms with Gasteiger partial charge in [-0.15, -0.1) is 5.10 Å². The Morgan fingerprint density at radius 3 is 2.73 bits per heavy atom. The minimum atomic E-state index is -0.453. The molecule has 8 nitrogen and oxygen atoms in total. The predicted molar refractivity (Wildman–Crippen MR) is 112 cm³/mol. The number of benzene rings is 1. The van der Waals surface area contributed by atoms with Crippen molar-refractivity contribution in [1.29, 1.82) is 0 Å². The monoisotopic (exact) mass is 409 g/mol. The van der Waals surface area contributed by atoms with Gasteiger partial charge in [-0.05, 0) is 42.7 Å². The number of ether oxygens (including phenoxy) is 1. The van der Waals surface area contributed by atoms with Gasteiger partial charge in [-0.1, -0.05) is 50.6 Å². The summed E-state index contributed by atoms with van der Waals surface area (Å²) in [6, 6.07) is 9.39. The van der Waals surface area contributed by atoms with Crippen LogP contribution in [0.25, 0.3) is 16.7 Å². The highest BCUT2D eigenvalue weighted by Gasteiger charge is 2.33. The molecule has 0 amide bonds. The Morgan fingerprint density at radius 2 is 2.00 bits per heavy atom. The van der Waals surface area contributed by atoms with E-state index >= 15 is 0 Å². The first kappa shape index (κ1) is 20.3. The molecule has 8 heteroatoms. The van der Waals surface area contributed by atoms with Gasteiger partial charge < -0.3 is 4.74 Å². The average Bonchev–Trinajstić information content (AvgIpc) is 3.15. The van der Waals surface area contributed by atoms with E-state index in [1.165, 1.54) is 6.20 Å². The fourth-order valence-electron chi connectivity index (χ4n) is 4.31. The van der Waals surface area contributed by atoms with Crippen LogP contribution in [0.15, 0.2) is 41.3 Å². The van der Waals surface area contributed by atoms with Crippen molar-refractivity contribution in [2.24, 2.45) is 17.8 Å². The van der Waals surface area contributed by atoms with Gasteiger partial charge in [0.2, 0.25) is 0 Å². The van der Waals surface area contributed by atoms with Crippen molar-refractivity contribution in [2.75, 3.05) is 0 Å². The SMILES string of the molecule is CC(C)[C@H]1CC[C@H](C)C[C@@H]1OC(=O)Cn1nnc2c(cnn2-c2ccccc2)c1=O. The number of rotatable bonds is 5. The zero-order chi connectivity index (χ0) is 21.3. The molecule has 2 aromatic heterocycles. The summed E-state index contributed by atoms with van der Waals surface area (Å²) >= 11 is 0. The number of esters is 1. The van der Waals surface area contributed by atoms with E-state index in [2.05, 4.69) is 36.2 Å². The molecule has 1 saturated carbocycles. The van der Waals surface area contributed by atoms with E-state index in [9.17, 15) is 9.59 Å². The Kier molecular flexibility index (Phi) is 5.65. The number of hydrogen-bond acceptors (Lipinski definition) is 6. The van der Waals surface area contributed by atoms with Gasteiger partial charge in [0.15, 0.2) is 5.65 Å². The Balaban J connectivity index is 1.53. The molecule has 0 radical (unpaired) electrons. The van der Waals surface area contributed by atoms with Crippen molar-refractivity contribution in [1.82, 2.24) is 24.8 Å².